The number of nitrogens with zero attached hydrogens (tertiary/aromatic N) is 1. The fraction of sp³-hybridized carbons (Fsp3) is 0.476. The van der Waals surface area contributed by atoms with Gasteiger partial charge in [0, 0.05) is 27.9 Å². The summed E-state index contributed by atoms with van der Waals surface area (Å²) in [5.74, 6) is 8.95. The van der Waals surface area contributed by atoms with Crippen LogP contribution in [-0.2, 0) is 16.6 Å². The molecule has 1 atom stereocenters. The fourth-order valence-corrected chi connectivity index (χ4v) is 6.50. The number of rotatable bonds is 2. The molecule has 0 saturated heterocycles. The third-order valence-corrected chi connectivity index (χ3v) is 7.43. The minimum Gasteiger partial charge on any atom is -0.183 e. The number of hydrogen-bond donors (Lipinski definition) is 0. The van der Waals surface area contributed by atoms with Gasteiger partial charge in [0.15, 0.2) is 6.07 Å². The number of nitriles is 1. The van der Waals surface area contributed by atoms with Crippen LogP contribution in [-0.4, -0.2) is 11.5 Å². The van der Waals surface area contributed by atoms with Gasteiger partial charge in [0.25, 0.3) is 0 Å². The maximum atomic E-state index is 8.52. The van der Waals surface area contributed by atoms with Gasteiger partial charge >= 0.3 is 0 Å². The highest BCUT2D eigenvalue weighted by atomic mass is 32.2. The van der Waals surface area contributed by atoms with E-state index in [0.717, 1.165) is 11.3 Å². The number of allylic oxidation sites excluding steroid dienone is 2. The Labute approximate surface area is 144 Å². The molecule has 1 aromatic carbocycles. The Morgan fingerprint density at radius 2 is 1.74 bits per heavy atom. The van der Waals surface area contributed by atoms with E-state index in [1.165, 1.54) is 22.6 Å². The van der Waals surface area contributed by atoms with E-state index in [0.29, 0.717) is 10.9 Å². The largest absolute Gasteiger partial charge is 0.183 e. The molecule has 1 heterocycles. The van der Waals surface area contributed by atoms with Gasteiger partial charge in [0.2, 0.25) is 0 Å². The molecular formula is C21H26NS+. The maximum absolute atomic E-state index is 8.52. The highest BCUT2D eigenvalue weighted by Gasteiger charge is 2.39. The smallest absolute Gasteiger partial charge is 0.152 e. The molecule has 0 fully saturated rings. The maximum Gasteiger partial charge on any atom is 0.152 e. The lowest BCUT2D eigenvalue weighted by atomic mass is 9.82. The van der Waals surface area contributed by atoms with Crippen molar-refractivity contribution in [2.24, 2.45) is 10.8 Å². The first-order valence-corrected chi connectivity index (χ1v) is 9.78. The minimum absolute atomic E-state index is 0.277. The molecule has 2 heteroatoms. The Kier molecular flexibility index (Phi) is 5.28. The van der Waals surface area contributed by atoms with E-state index in [2.05, 4.69) is 64.7 Å². The second kappa shape index (κ2) is 6.86. The van der Waals surface area contributed by atoms with Gasteiger partial charge in [-0.05, 0) is 30.0 Å². The number of benzene rings is 1. The summed E-state index contributed by atoms with van der Waals surface area (Å²) in [5.41, 5.74) is 4.38. The monoisotopic (exact) mass is 324 g/mol. The molecule has 1 nitrogen and oxygen atoms in total. The molecule has 0 aromatic heterocycles. The summed E-state index contributed by atoms with van der Waals surface area (Å²) in [5, 5.41) is 8.52. The van der Waals surface area contributed by atoms with Crippen LogP contribution in [0.25, 0.3) is 0 Å². The van der Waals surface area contributed by atoms with E-state index < -0.39 is 0 Å². The Hall–Kier alpha value is -1.64. The van der Waals surface area contributed by atoms with E-state index in [1.54, 1.807) is 0 Å². The summed E-state index contributed by atoms with van der Waals surface area (Å²) in [6.45, 7) is 11.8. The topological polar surface area (TPSA) is 23.8 Å². The van der Waals surface area contributed by atoms with Crippen molar-refractivity contribution in [2.45, 2.75) is 40.4 Å². The van der Waals surface area contributed by atoms with Gasteiger partial charge in [-0.3, -0.25) is 0 Å². The predicted molar refractivity (Wildman–Crippen MR) is 101 cm³/mol. The standard InChI is InChI=1S/C21H26NS/c1-17-13-20(2,3)15-23(16-21(17,4)5)14-19-10-8-18(9-11-19)7-6-12-22/h8-11,13H,14-16H2,1-5H3/q+1. The molecule has 1 aromatic rings. The molecule has 0 amide bonds. The van der Waals surface area contributed by atoms with E-state index in [9.17, 15) is 0 Å². The Balaban J connectivity index is 2.15. The third-order valence-electron chi connectivity index (χ3n) is 4.40. The summed E-state index contributed by atoms with van der Waals surface area (Å²) in [7, 11) is 0.375. The summed E-state index contributed by atoms with van der Waals surface area (Å²) < 4.78 is 0. The van der Waals surface area contributed by atoms with Crippen LogP contribution in [0.15, 0.2) is 35.9 Å². The molecule has 0 saturated carbocycles. The van der Waals surface area contributed by atoms with E-state index in [4.69, 9.17) is 5.26 Å². The molecule has 2 rings (SSSR count). The second-order valence-corrected chi connectivity index (χ2v) is 9.89. The Bertz CT molecular complexity index is 690. The molecule has 1 aliphatic rings. The normalized spacial score (nSPS) is 22.1. The second-order valence-electron chi connectivity index (χ2n) is 7.80. The molecule has 120 valence electrons. The highest BCUT2D eigenvalue weighted by molar-refractivity contribution is 7.96. The summed E-state index contributed by atoms with van der Waals surface area (Å²) >= 11 is 0. The van der Waals surface area contributed by atoms with Crippen LogP contribution in [0.5, 0.6) is 0 Å². The molecule has 23 heavy (non-hydrogen) atoms. The molecule has 0 radical (unpaired) electrons. The van der Waals surface area contributed by atoms with Crippen LogP contribution in [0.1, 0.15) is 45.7 Å². The third kappa shape index (κ3) is 4.92. The van der Waals surface area contributed by atoms with Crippen LogP contribution in [0.2, 0.25) is 0 Å². The van der Waals surface area contributed by atoms with E-state index in [-0.39, 0.29) is 10.8 Å². The van der Waals surface area contributed by atoms with Crippen LogP contribution in [0.4, 0.5) is 0 Å². The van der Waals surface area contributed by atoms with Crippen molar-refractivity contribution in [2.75, 3.05) is 11.5 Å². The molecule has 1 unspecified atom stereocenters. The summed E-state index contributed by atoms with van der Waals surface area (Å²) in [6, 6.07) is 10.2. The summed E-state index contributed by atoms with van der Waals surface area (Å²) in [4.78, 5) is 0. The van der Waals surface area contributed by atoms with Gasteiger partial charge in [0.1, 0.15) is 17.3 Å². The quantitative estimate of drug-likeness (QED) is 0.440. The first kappa shape index (κ1) is 17.7. The van der Waals surface area contributed by atoms with Crippen molar-refractivity contribution >= 4 is 10.9 Å². The van der Waals surface area contributed by atoms with E-state index in [1.807, 2.05) is 18.2 Å². The van der Waals surface area contributed by atoms with Crippen molar-refractivity contribution in [1.29, 1.82) is 5.26 Å². The van der Waals surface area contributed by atoms with Crippen molar-refractivity contribution in [3.8, 4) is 17.9 Å². The molecular weight excluding hydrogens is 298 g/mol. The minimum atomic E-state index is 0.277. The fourth-order valence-electron chi connectivity index (χ4n) is 3.15. The zero-order chi connectivity index (χ0) is 17.1. The molecule has 0 aliphatic carbocycles. The first-order chi connectivity index (χ1) is 10.7. The average molecular weight is 325 g/mol. The average Bonchev–Trinajstić information content (AvgIpc) is 2.51. The molecule has 0 bridgehead atoms. The zero-order valence-corrected chi connectivity index (χ0v) is 15.7. The SMILES string of the molecule is CC1=CC(C)(C)C[S+](Cc2ccc(C#CC#N)cc2)CC1(C)C. The van der Waals surface area contributed by atoms with E-state index >= 15 is 0 Å². The van der Waals surface area contributed by atoms with Crippen LogP contribution in [0.3, 0.4) is 0 Å². The van der Waals surface area contributed by atoms with Gasteiger partial charge in [-0.2, -0.15) is 5.26 Å². The van der Waals surface area contributed by atoms with Crippen molar-refractivity contribution in [3.05, 3.63) is 47.0 Å². The van der Waals surface area contributed by atoms with Crippen LogP contribution in [0, 0.1) is 34.0 Å². The Morgan fingerprint density at radius 1 is 1.09 bits per heavy atom. The zero-order valence-electron chi connectivity index (χ0n) is 14.9. The molecule has 1 aliphatic heterocycles. The first-order valence-electron chi connectivity index (χ1n) is 8.05. The van der Waals surface area contributed by atoms with Crippen LogP contribution >= 0.6 is 0 Å². The molecule has 0 spiro atoms. The lowest BCUT2D eigenvalue weighted by molar-refractivity contribution is 0.497. The highest BCUT2D eigenvalue weighted by Crippen LogP contribution is 2.38. The van der Waals surface area contributed by atoms with Crippen molar-refractivity contribution in [1.82, 2.24) is 0 Å². The van der Waals surface area contributed by atoms with Crippen LogP contribution < -0.4 is 0 Å². The lowest BCUT2D eigenvalue weighted by Crippen LogP contribution is -2.29. The van der Waals surface area contributed by atoms with Crippen molar-refractivity contribution in [3.63, 3.8) is 0 Å². The van der Waals surface area contributed by atoms with Gasteiger partial charge in [0.05, 0.1) is 0 Å². The summed E-state index contributed by atoms with van der Waals surface area (Å²) in [6.07, 6.45) is 2.49. The van der Waals surface area contributed by atoms with Gasteiger partial charge in [-0.15, -0.1) is 0 Å². The lowest BCUT2D eigenvalue weighted by Gasteiger charge is -2.23. The predicted octanol–water partition coefficient (Wildman–Crippen LogP) is 4.69. The molecule has 0 N–H and O–H groups in total. The van der Waals surface area contributed by atoms with Gasteiger partial charge < -0.3 is 0 Å². The van der Waals surface area contributed by atoms with Gasteiger partial charge in [-0.1, -0.05) is 57.4 Å². The number of hydrogen-bond acceptors (Lipinski definition) is 1. The Morgan fingerprint density at radius 3 is 2.35 bits per heavy atom. The van der Waals surface area contributed by atoms with Crippen molar-refractivity contribution < 1.29 is 0 Å². The van der Waals surface area contributed by atoms with Gasteiger partial charge in [-0.25, -0.2) is 0 Å².